The van der Waals surface area contributed by atoms with Crippen molar-refractivity contribution in [2.24, 2.45) is 5.73 Å². The third-order valence-electron chi connectivity index (χ3n) is 5.73. The van der Waals surface area contributed by atoms with Crippen LogP contribution in [-0.4, -0.2) is 31.6 Å². The number of benzene rings is 2. The molecule has 8 heteroatoms. The van der Waals surface area contributed by atoms with Crippen LogP contribution < -0.4 is 11.1 Å². The number of carbonyl (C=O) groups excluding carboxylic acids is 1. The van der Waals surface area contributed by atoms with Gasteiger partial charge in [-0.1, -0.05) is 0 Å². The maximum Gasteiger partial charge on any atom is 0.249 e. The molecule has 1 saturated carbocycles. The molecule has 1 aliphatic rings. The fourth-order valence-electron chi connectivity index (χ4n) is 3.84. The number of nitrogens with one attached hydrogen (secondary N) is 2. The maximum absolute atomic E-state index is 11.5. The van der Waals surface area contributed by atoms with Gasteiger partial charge in [0.25, 0.3) is 0 Å². The molecular formula is C25H23N7O. The highest BCUT2D eigenvalue weighted by Crippen LogP contribution is 2.39. The van der Waals surface area contributed by atoms with Gasteiger partial charge in [-0.25, -0.2) is 15.0 Å². The molecule has 0 bridgehead atoms. The molecule has 2 aromatic heterocycles. The highest BCUT2D eigenvalue weighted by Gasteiger charge is 2.26. The molecule has 1 fully saturated rings. The van der Waals surface area contributed by atoms with Gasteiger partial charge in [-0.3, -0.25) is 4.79 Å². The number of hydrogen-bond donors (Lipinski definition) is 3. The van der Waals surface area contributed by atoms with Crippen LogP contribution in [-0.2, 0) is 0 Å². The number of amides is 1. The Kier molecular flexibility index (Phi) is 5.18. The average Bonchev–Trinajstić information content (AvgIpc) is 3.56. The number of rotatable bonds is 7. The monoisotopic (exact) mass is 437 g/mol. The van der Waals surface area contributed by atoms with Gasteiger partial charge in [0, 0.05) is 52.6 Å². The minimum absolute atomic E-state index is 0.302. The second-order valence-corrected chi connectivity index (χ2v) is 8.18. The molecule has 1 aliphatic carbocycles. The minimum Gasteiger partial charge on any atom is -0.366 e. The number of aryl methyl sites for hydroxylation is 1. The van der Waals surface area contributed by atoms with Crippen LogP contribution in [0.25, 0.3) is 17.1 Å². The van der Waals surface area contributed by atoms with Crippen LogP contribution in [0.4, 0.5) is 11.5 Å². The van der Waals surface area contributed by atoms with Gasteiger partial charge in [0.1, 0.15) is 5.82 Å². The molecule has 0 unspecified atom stereocenters. The first-order valence-corrected chi connectivity index (χ1v) is 10.7. The lowest BCUT2D eigenvalue weighted by molar-refractivity contribution is 0.1000. The third kappa shape index (κ3) is 4.23. The molecule has 33 heavy (non-hydrogen) atoms. The van der Waals surface area contributed by atoms with Gasteiger partial charge in [-0.15, -0.1) is 0 Å². The smallest absolute Gasteiger partial charge is 0.249 e. The molecule has 0 atom stereocenters. The average molecular weight is 438 g/mol. The van der Waals surface area contributed by atoms with Crippen molar-refractivity contribution in [3.05, 3.63) is 83.6 Å². The Morgan fingerprint density at radius 1 is 1.18 bits per heavy atom. The Morgan fingerprint density at radius 3 is 2.76 bits per heavy atom. The summed E-state index contributed by atoms with van der Waals surface area (Å²) >= 11 is 0. The number of anilines is 2. The van der Waals surface area contributed by atoms with Gasteiger partial charge >= 0.3 is 0 Å². The number of primary amides is 1. The fourth-order valence-corrected chi connectivity index (χ4v) is 3.84. The number of nitrogens with two attached hydrogens (primary N) is 1. The molecule has 4 N–H and O–H groups in total. The molecule has 8 nitrogen and oxygen atoms in total. The van der Waals surface area contributed by atoms with E-state index in [9.17, 15) is 4.79 Å². The normalized spacial score (nSPS) is 13.0. The van der Waals surface area contributed by atoms with Gasteiger partial charge in [0.2, 0.25) is 5.91 Å². The van der Waals surface area contributed by atoms with E-state index in [-0.39, 0.29) is 0 Å². The summed E-state index contributed by atoms with van der Waals surface area (Å²) in [4.78, 5) is 25.1. The van der Waals surface area contributed by atoms with Gasteiger partial charge in [-0.05, 0) is 67.8 Å². The number of nitrogens with zero attached hydrogens (tertiary/aromatic N) is 4. The van der Waals surface area contributed by atoms with Crippen LogP contribution in [0.2, 0.25) is 0 Å². The summed E-state index contributed by atoms with van der Waals surface area (Å²) in [5, 5.41) is 10.7. The lowest BCUT2D eigenvalue weighted by Gasteiger charge is -2.11. The summed E-state index contributed by atoms with van der Waals surface area (Å²) < 4.78 is 2.07. The summed E-state index contributed by atoms with van der Waals surface area (Å²) in [7, 11) is 0. The predicted octanol–water partition coefficient (Wildman–Crippen LogP) is 4.36. The van der Waals surface area contributed by atoms with Crippen LogP contribution in [0.5, 0.6) is 0 Å². The largest absolute Gasteiger partial charge is 0.366 e. The molecule has 1 amide bonds. The van der Waals surface area contributed by atoms with Crippen LogP contribution in [0.3, 0.4) is 0 Å². The van der Waals surface area contributed by atoms with Crippen molar-refractivity contribution in [3.63, 3.8) is 0 Å². The second kappa shape index (κ2) is 8.31. The Bertz CT molecular complexity index is 1370. The lowest BCUT2D eigenvalue weighted by Crippen LogP contribution is -2.13. The van der Waals surface area contributed by atoms with Crippen molar-refractivity contribution in [2.75, 3.05) is 5.32 Å². The predicted molar refractivity (Wildman–Crippen MR) is 127 cm³/mol. The van der Waals surface area contributed by atoms with Crippen molar-refractivity contribution >= 4 is 23.6 Å². The molecule has 0 radical (unpaired) electrons. The number of hydrogen-bond acceptors (Lipinski definition) is 6. The zero-order valence-corrected chi connectivity index (χ0v) is 18.1. The van der Waals surface area contributed by atoms with E-state index in [1.54, 1.807) is 30.5 Å². The highest BCUT2D eigenvalue weighted by molar-refractivity contribution is 6.01. The second-order valence-electron chi connectivity index (χ2n) is 8.18. The quantitative estimate of drug-likeness (QED) is 0.371. The molecule has 0 spiro atoms. The molecule has 0 saturated heterocycles. The van der Waals surface area contributed by atoms with E-state index in [1.165, 1.54) is 12.8 Å². The Balaban J connectivity index is 1.39. The van der Waals surface area contributed by atoms with Gasteiger partial charge < -0.3 is 21.0 Å². The summed E-state index contributed by atoms with van der Waals surface area (Å²) in [6.45, 7) is 2.07. The van der Waals surface area contributed by atoms with E-state index in [2.05, 4.69) is 50.1 Å². The third-order valence-corrected chi connectivity index (χ3v) is 5.73. The topological polar surface area (TPSA) is 123 Å². The molecule has 4 aromatic rings. The summed E-state index contributed by atoms with van der Waals surface area (Å²) in [5.41, 5.74) is 11.1. The molecule has 0 aliphatic heterocycles. The molecular weight excluding hydrogens is 414 g/mol. The standard InChI is InChI=1S/C25H23N7O/c1-15-10-17(4-7-22(15)32-13-21(29-14-32)16-2-3-16)25-28-9-8-23(31-25)30-19-5-6-20(24(27)33)18(11-19)12-26/h4-14,16,26H,2-3H2,1H3,(H2,27,33)(H,28,30,31). The summed E-state index contributed by atoms with van der Waals surface area (Å²) in [6, 6.07) is 12.9. The summed E-state index contributed by atoms with van der Waals surface area (Å²) in [6.07, 6.45) is 9.26. The van der Waals surface area contributed by atoms with Gasteiger partial charge in [-0.2, -0.15) is 0 Å². The zero-order chi connectivity index (χ0) is 22.9. The number of aromatic nitrogens is 4. The molecule has 5 rings (SSSR count). The summed E-state index contributed by atoms with van der Waals surface area (Å²) in [5.74, 6) is 1.26. The Hall–Kier alpha value is -4.33. The van der Waals surface area contributed by atoms with E-state index in [0.717, 1.165) is 28.7 Å². The van der Waals surface area contributed by atoms with Crippen molar-refractivity contribution in [3.8, 4) is 17.1 Å². The number of imidazole rings is 1. The van der Waals surface area contributed by atoms with Crippen LogP contribution in [0.1, 0.15) is 45.9 Å². The van der Waals surface area contributed by atoms with Crippen LogP contribution in [0, 0.1) is 12.3 Å². The van der Waals surface area contributed by atoms with Crippen molar-refractivity contribution < 1.29 is 4.79 Å². The van der Waals surface area contributed by atoms with Crippen molar-refractivity contribution in [1.82, 2.24) is 19.5 Å². The molecule has 2 aromatic carbocycles. The fraction of sp³-hybridized carbons (Fsp3) is 0.160. The maximum atomic E-state index is 11.5. The van der Waals surface area contributed by atoms with Crippen molar-refractivity contribution in [2.45, 2.75) is 25.7 Å². The van der Waals surface area contributed by atoms with E-state index >= 15 is 0 Å². The number of carbonyl (C=O) groups is 1. The van der Waals surface area contributed by atoms with Gasteiger partial charge in [0.15, 0.2) is 5.82 Å². The highest BCUT2D eigenvalue weighted by atomic mass is 16.1. The van der Waals surface area contributed by atoms with E-state index in [1.807, 2.05) is 12.4 Å². The van der Waals surface area contributed by atoms with E-state index in [4.69, 9.17) is 11.1 Å². The molecule has 2 heterocycles. The minimum atomic E-state index is -0.567. The van der Waals surface area contributed by atoms with Crippen LogP contribution in [0.15, 0.2) is 61.2 Å². The first-order valence-electron chi connectivity index (χ1n) is 10.7. The lowest BCUT2D eigenvalue weighted by atomic mass is 10.1. The first kappa shape index (κ1) is 20.6. The SMILES string of the molecule is Cc1cc(-c2nccc(Nc3ccc(C(N)=O)c(C=N)c3)n2)ccc1-n1cnc(C2CC2)c1. The molecule has 164 valence electrons. The zero-order valence-electron chi connectivity index (χ0n) is 18.1. The Labute approximate surface area is 191 Å². The van der Waals surface area contributed by atoms with E-state index < -0.39 is 5.91 Å². The Morgan fingerprint density at radius 2 is 2.03 bits per heavy atom. The van der Waals surface area contributed by atoms with Gasteiger partial charge in [0.05, 0.1) is 12.0 Å². The van der Waals surface area contributed by atoms with Crippen LogP contribution >= 0.6 is 0 Å². The van der Waals surface area contributed by atoms with Crippen molar-refractivity contribution in [1.29, 1.82) is 5.41 Å². The first-order chi connectivity index (χ1) is 16.0. The van der Waals surface area contributed by atoms with E-state index in [0.29, 0.717) is 34.4 Å².